The Bertz CT molecular complexity index is 245. The summed E-state index contributed by atoms with van der Waals surface area (Å²) in [6.45, 7) is 2.11. The van der Waals surface area contributed by atoms with Gasteiger partial charge in [-0.1, -0.05) is 19.8 Å². The molecule has 5 nitrogen and oxygen atoms in total. The highest BCUT2D eigenvalue weighted by molar-refractivity contribution is 5.89. The third kappa shape index (κ3) is 3.68. The summed E-state index contributed by atoms with van der Waals surface area (Å²) in [6, 6.07) is 0. The smallest absolute Gasteiger partial charge is 0.225 e. The van der Waals surface area contributed by atoms with Gasteiger partial charge in [-0.2, -0.15) is 10.3 Å². The van der Waals surface area contributed by atoms with Crippen LogP contribution in [0, 0.1) is 0 Å². The molecular formula is C8H14N4O. The first-order valence-corrected chi connectivity index (χ1v) is 4.48. The van der Waals surface area contributed by atoms with E-state index >= 15 is 0 Å². The summed E-state index contributed by atoms with van der Waals surface area (Å²) in [4.78, 5) is 11.2. The van der Waals surface area contributed by atoms with Crippen LogP contribution in [0.15, 0.2) is 6.20 Å². The Balaban J connectivity index is 2.18. The minimum Gasteiger partial charge on any atom is -0.308 e. The number of nitrogens with one attached hydrogen (secondary N) is 2. The van der Waals surface area contributed by atoms with E-state index < -0.39 is 0 Å². The number of amides is 1. The van der Waals surface area contributed by atoms with Crippen molar-refractivity contribution >= 4 is 11.7 Å². The van der Waals surface area contributed by atoms with Crippen LogP contribution in [0.4, 0.5) is 5.82 Å². The molecular weight excluding hydrogens is 168 g/mol. The van der Waals surface area contributed by atoms with E-state index in [1.54, 1.807) is 0 Å². The van der Waals surface area contributed by atoms with Crippen LogP contribution in [0.1, 0.15) is 32.6 Å². The van der Waals surface area contributed by atoms with E-state index in [1.165, 1.54) is 6.20 Å². The molecule has 0 aliphatic rings. The highest BCUT2D eigenvalue weighted by Crippen LogP contribution is 2.02. The highest BCUT2D eigenvalue weighted by Gasteiger charge is 2.02. The predicted octanol–water partition coefficient (Wildman–Crippen LogP) is 1.32. The minimum absolute atomic E-state index is 0.00218. The van der Waals surface area contributed by atoms with Crippen molar-refractivity contribution in [3.63, 3.8) is 0 Å². The number of anilines is 1. The molecule has 0 unspecified atom stereocenters. The lowest BCUT2D eigenvalue weighted by Gasteiger charge is -1.99. The molecule has 0 saturated carbocycles. The lowest BCUT2D eigenvalue weighted by Crippen LogP contribution is -2.11. The second-order valence-corrected chi connectivity index (χ2v) is 2.86. The quantitative estimate of drug-likeness (QED) is 0.675. The van der Waals surface area contributed by atoms with Crippen molar-refractivity contribution < 1.29 is 4.79 Å². The van der Waals surface area contributed by atoms with E-state index in [-0.39, 0.29) is 5.91 Å². The van der Waals surface area contributed by atoms with Crippen molar-refractivity contribution in [2.24, 2.45) is 0 Å². The minimum atomic E-state index is 0.00218. The molecule has 1 rings (SSSR count). The maximum Gasteiger partial charge on any atom is 0.225 e. The van der Waals surface area contributed by atoms with Gasteiger partial charge in [0.05, 0.1) is 6.20 Å². The summed E-state index contributed by atoms with van der Waals surface area (Å²) < 4.78 is 0. The summed E-state index contributed by atoms with van der Waals surface area (Å²) in [6.07, 6.45) is 5.18. The Kier molecular flexibility index (Phi) is 3.95. The van der Waals surface area contributed by atoms with E-state index in [2.05, 4.69) is 27.7 Å². The summed E-state index contributed by atoms with van der Waals surface area (Å²) in [5.74, 6) is 0.490. The third-order valence-electron chi connectivity index (χ3n) is 1.69. The van der Waals surface area contributed by atoms with E-state index in [0.717, 1.165) is 19.3 Å². The molecule has 13 heavy (non-hydrogen) atoms. The van der Waals surface area contributed by atoms with E-state index in [9.17, 15) is 4.79 Å². The van der Waals surface area contributed by atoms with Gasteiger partial charge in [-0.15, -0.1) is 5.10 Å². The number of aromatic amines is 1. The molecule has 72 valence electrons. The van der Waals surface area contributed by atoms with Crippen LogP contribution in [0.5, 0.6) is 0 Å². The van der Waals surface area contributed by atoms with Gasteiger partial charge in [-0.3, -0.25) is 4.79 Å². The molecule has 1 heterocycles. The van der Waals surface area contributed by atoms with Crippen molar-refractivity contribution in [2.75, 3.05) is 5.32 Å². The van der Waals surface area contributed by atoms with Crippen LogP contribution in [-0.2, 0) is 4.79 Å². The Morgan fingerprint density at radius 1 is 1.62 bits per heavy atom. The SMILES string of the molecule is CCCCCC(=O)Nc1cn[nH]n1. The van der Waals surface area contributed by atoms with Gasteiger partial charge < -0.3 is 5.32 Å². The summed E-state index contributed by atoms with van der Waals surface area (Å²) in [5.41, 5.74) is 0. The Hall–Kier alpha value is -1.39. The average molecular weight is 182 g/mol. The van der Waals surface area contributed by atoms with Crippen LogP contribution in [0.25, 0.3) is 0 Å². The fraction of sp³-hybridized carbons (Fsp3) is 0.625. The first-order chi connectivity index (χ1) is 6.33. The predicted molar refractivity (Wildman–Crippen MR) is 49.2 cm³/mol. The molecule has 0 spiro atoms. The van der Waals surface area contributed by atoms with Gasteiger partial charge in [0.25, 0.3) is 0 Å². The van der Waals surface area contributed by atoms with Gasteiger partial charge in [-0.25, -0.2) is 0 Å². The number of hydrogen-bond acceptors (Lipinski definition) is 3. The largest absolute Gasteiger partial charge is 0.308 e. The lowest BCUT2D eigenvalue weighted by atomic mass is 10.2. The zero-order valence-corrected chi connectivity index (χ0v) is 7.71. The molecule has 1 aromatic heterocycles. The maximum absolute atomic E-state index is 11.2. The van der Waals surface area contributed by atoms with Crippen molar-refractivity contribution in [1.82, 2.24) is 15.4 Å². The lowest BCUT2D eigenvalue weighted by molar-refractivity contribution is -0.116. The highest BCUT2D eigenvalue weighted by atomic mass is 16.1. The average Bonchev–Trinajstić information content (AvgIpc) is 2.57. The second-order valence-electron chi connectivity index (χ2n) is 2.86. The van der Waals surface area contributed by atoms with Gasteiger partial charge >= 0.3 is 0 Å². The summed E-state index contributed by atoms with van der Waals surface area (Å²) >= 11 is 0. The molecule has 1 aromatic rings. The molecule has 0 saturated heterocycles. The molecule has 1 amide bonds. The number of aromatic nitrogens is 3. The Morgan fingerprint density at radius 2 is 2.46 bits per heavy atom. The molecule has 0 bridgehead atoms. The second kappa shape index (κ2) is 5.29. The molecule has 0 aromatic carbocycles. The monoisotopic (exact) mass is 182 g/mol. The van der Waals surface area contributed by atoms with Gasteiger partial charge in [0.15, 0.2) is 5.82 Å². The molecule has 5 heteroatoms. The molecule has 0 aliphatic carbocycles. The zero-order valence-electron chi connectivity index (χ0n) is 7.71. The van der Waals surface area contributed by atoms with E-state index in [0.29, 0.717) is 12.2 Å². The van der Waals surface area contributed by atoms with Gasteiger partial charge in [0, 0.05) is 6.42 Å². The van der Waals surface area contributed by atoms with E-state index in [1.807, 2.05) is 0 Å². The van der Waals surface area contributed by atoms with Crippen molar-refractivity contribution in [3.8, 4) is 0 Å². The van der Waals surface area contributed by atoms with Crippen LogP contribution >= 0.6 is 0 Å². The summed E-state index contributed by atoms with van der Waals surface area (Å²) in [7, 11) is 0. The summed E-state index contributed by atoms with van der Waals surface area (Å²) in [5, 5.41) is 12.4. The van der Waals surface area contributed by atoms with Crippen LogP contribution in [0.3, 0.4) is 0 Å². The van der Waals surface area contributed by atoms with Gasteiger partial charge in [0.1, 0.15) is 0 Å². The molecule has 0 radical (unpaired) electrons. The number of H-pyrrole nitrogens is 1. The maximum atomic E-state index is 11.2. The van der Waals surface area contributed by atoms with Crippen molar-refractivity contribution in [3.05, 3.63) is 6.20 Å². The third-order valence-corrected chi connectivity index (χ3v) is 1.69. The van der Waals surface area contributed by atoms with Crippen molar-refractivity contribution in [2.45, 2.75) is 32.6 Å². The first-order valence-electron chi connectivity index (χ1n) is 4.48. The van der Waals surface area contributed by atoms with Crippen molar-refractivity contribution in [1.29, 1.82) is 0 Å². The molecule has 0 aliphatic heterocycles. The number of carbonyl (C=O) groups is 1. The van der Waals surface area contributed by atoms with E-state index in [4.69, 9.17) is 0 Å². The Labute approximate surface area is 76.9 Å². The van der Waals surface area contributed by atoms with Gasteiger partial charge in [-0.05, 0) is 6.42 Å². The normalized spacial score (nSPS) is 9.92. The number of unbranched alkanes of at least 4 members (excludes halogenated alkanes) is 2. The zero-order chi connectivity index (χ0) is 9.52. The standard InChI is InChI=1S/C8H14N4O/c1-2-3-4-5-8(13)10-7-6-9-12-11-7/h6H,2-5H2,1H3,(H2,9,10,11,12,13). The molecule has 2 N–H and O–H groups in total. The topological polar surface area (TPSA) is 70.7 Å². The van der Waals surface area contributed by atoms with Crippen LogP contribution < -0.4 is 5.32 Å². The first kappa shape index (κ1) is 9.70. The fourth-order valence-electron chi connectivity index (χ4n) is 1.00. The molecule has 0 fully saturated rings. The van der Waals surface area contributed by atoms with Gasteiger partial charge in [0.2, 0.25) is 5.91 Å². The number of nitrogens with zero attached hydrogens (tertiary/aromatic N) is 2. The number of hydrogen-bond donors (Lipinski definition) is 2. The number of carbonyl (C=O) groups excluding carboxylic acids is 1. The number of rotatable bonds is 5. The fourth-order valence-corrected chi connectivity index (χ4v) is 1.00. The molecule has 0 atom stereocenters. The van der Waals surface area contributed by atoms with Crippen LogP contribution in [-0.4, -0.2) is 21.3 Å². The Morgan fingerprint density at radius 3 is 3.08 bits per heavy atom. The van der Waals surface area contributed by atoms with Crippen LogP contribution in [0.2, 0.25) is 0 Å².